The van der Waals surface area contributed by atoms with E-state index in [9.17, 15) is 9.18 Å². The van der Waals surface area contributed by atoms with E-state index < -0.39 is 0 Å². The van der Waals surface area contributed by atoms with Gasteiger partial charge in [-0.3, -0.25) is 4.79 Å². The second-order valence-corrected chi connectivity index (χ2v) is 4.94. The lowest BCUT2D eigenvalue weighted by atomic mass is 10.0. The summed E-state index contributed by atoms with van der Waals surface area (Å²) in [6.07, 6.45) is 0. The molecule has 0 aliphatic heterocycles. The van der Waals surface area contributed by atoms with Crippen LogP contribution in [0.15, 0.2) is 48.5 Å². The quantitative estimate of drug-likeness (QED) is 0.762. The standard InChI is InChI=1S/C17H17FO2/c1-12(2)13-5-9-16(10-6-13)20-11-17(19)14-3-7-15(18)8-4-14/h3-10,12H,11H2,1-2H3. The molecule has 0 atom stereocenters. The Kier molecular flexibility index (Phi) is 4.51. The Hall–Kier alpha value is -2.16. The Morgan fingerprint density at radius 2 is 1.65 bits per heavy atom. The van der Waals surface area contributed by atoms with E-state index in [0.717, 1.165) is 0 Å². The van der Waals surface area contributed by atoms with E-state index in [1.54, 1.807) is 0 Å². The van der Waals surface area contributed by atoms with Gasteiger partial charge in [-0.15, -0.1) is 0 Å². The summed E-state index contributed by atoms with van der Waals surface area (Å²) in [6.45, 7) is 4.19. The maximum absolute atomic E-state index is 12.8. The molecule has 2 nitrogen and oxygen atoms in total. The number of hydrogen-bond donors (Lipinski definition) is 0. The molecule has 0 heterocycles. The molecule has 0 amide bonds. The number of carbonyl (C=O) groups excluding carboxylic acids is 1. The number of ether oxygens (including phenoxy) is 1. The molecule has 2 rings (SSSR count). The van der Waals surface area contributed by atoms with Crippen molar-refractivity contribution >= 4 is 5.78 Å². The van der Waals surface area contributed by atoms with Crippen molar-refractivity contribution < 1.29 is 13.9 Å². The Balaban J connectivity index is 1.94. The van der Waals surface area contributed by atoms with Crippen molar-refractivity contribution in [3.8, 4) is 5.75 Å². The fourth-order valence-corrected chi connectivity index (χ4v) is 1.82. The predicted molar refractivity (Wildman–Crippen MR) is 76.8 cm³/mol. The van der Waals surface area contributed by atoms with Gasteiger partial charge in [0.15, 0.2) is 12.4 Å². The second-order valence-electron chi connectivity index (χ2n) is 4.94. The van der Waals surface area contributed by atoms with Crippen LogP contribution in [-0.2, 0) is 0 Å². The molecule has 0 aromatic heterocycles. The van der Waals surface area contributed by atoms with Gasteiger partial charge in [-0.05, 0) is 47.9 Å². The summed E-state index contributed by atoms with van der Waals surface area (Å²) < 4.78 is 18.2. The molecule has 0 aliphatic rings. The van der Waals surface area contributed by atoms with Gasteiger partial charge in [0.2, 0.25) is 0 Å². The van der Waals surface area contributed by atoms with Crippen LogP contribution in [0.5, 0.6) is 5.75 Å². The Labute approximate surface area is 118 Å². The Morgan fingerprint density at radius 3 is 2.20 bits per heavy atom. The number of rotatable bonds is 5. The van der Waals surface area contributed by atoms with Gasteiger partial charge in [-0.2, -0.15) is 0 Å². The van der Waals surface area contributed by atoms with Gasteiger partial charge in [0, 0.05) is 5.56 Å². The lowest BCUT2D eigenvalue weighted by Crippen LogP contribution is -2.11. The normalized spacial score (nSPS) is 10.6. The molecule has 0 radical (unpaired) electrons. The minimum absolute atomic E-state index is 0.0490. The molecule has 0 saturated heterocycles. The Morgan fingerprint density at radius 1 is 1.05 bits per heavy atom. The van der Waals surface area contributed by atoms with E-state index in [1.165, 1.54) is 29.8 Å². The first-order chi connectivity index (χ1) is 9.56. The first-order valence-corrected chi connectivity index (χ1v) is 6.58. The van der Waals surface area contributed by atoms with Crippen molar-refractivity contribution in [1.29, 1.82) is 0 Å². The van der Waals surface area contributed by atoms with Crippen molar-refractivity contribution in [3.05, 3.63) is 65.5 Å². The summed E-state index contributed by atoms with van der Waals surface area (Å²) in [5, 5.41) is 0. The lowest BCUT2D eigenvalue weighted by Gasteiger charge is -2.08. The minimum atomic E-state index is -0.355. The molecule has 0 spiro atoms. The molecular weight excluding hydrogens is 255 g/mol. The average Bonchev–Trinajstić information content (AvgIpc) is 2.46. The van der Waals surface area contributed by atoms with Crippen molar-refractivity contribution in [2.45, 2.75) is 19.8 Å². The number of halogens is 1. The largest absolute Gasteiger partial charge is 0.485 e. The van der Waals surface area contributed by atoms with Gasteiger partial charge in [0.25, 0.3) is 0 Å². The van der Waals surface area contributed by atoms with Crippen LogP contribution in [0.4, 0.5) is 4.39 Å². The van der Waals surface area contributed by atoms with Crippen LogP contribution >= 0.6 is 0 Å². The summed E-state index contributed by atoms with van der Waals surface area (Å²) in [5.41, 5.74) is 1.67. The zero-order chi connectivity index (χ0) is 14.5. The minimum Gasteiger partial charge on any atom is -0.485 e. The van der Waals surface area contributed by atoms with Gasteiger partial charge in [-0.1, -0.05) is 26.0 Å². The molecule has 0 fully saturated rings. The third kappa shape index (κ3) is 3.67. The summed E-state index contributed by atoms with van der Waals surface area (Å²) in [4.78, 5) is 11.9. The highest BCUT2D eigenvalue weighted by atomic mass is 19.1. The van der Waals surface area contributed by atoms with Crippen LogP contribution in [0.2, 0.25) is 0 Å². The van der Waals surface area contributed by atoms with Gasteiger partial charge >= 0.3 is 0 Å². The molecular formula is C17H17FO2. The zero-order valence-corrected chi connectivity index (χ0v) is 11.6. The number of hydrogen-bond acceptors (Lipinski definition) is 2. The highest BCUT2D eigenvalue weighted by Gasteiger charge is 2.07. The number of Topliss-reactive ketones (excluding diaryl/α,β-unsaturated/α-hetero) is 1. The SMILES string of the molecule is CC(C)c1ccc(OCC(=O)c2ccc(F)cc2)cc1. The fraction of sp³-hybridized carbons (Fsp3) is 0.235. The van der Waals surface area contributed by atoms with Crippen LogP contribution in [-0.4, -0.2) is 12.4 Å². The van der Waals surface area contributed by atoms with E-state index >= 15 is 0 Å². The monoisotopic (exact) mass is 272 g/mol. The molecule has 0 N–H and O–H groups in total. The molecule has 3 heteroatoms. The smallest absolute Gasteiger partial charge is 0.200 e. The summed E-state index contributed by atoms with van der Waals surface area (Å²) in [7, 11) is 0. The topological polar surface area (TPSA) is 26.3 Å². The number of carbonyl (C=O) groups is 1. The maximum atomic E-state index is 12.8. The van der Waals surface area contributed by atoms with Crippen molar-refractivity contribution in [2.75, 3.05) is 6.61 Å². The molecule has 20 heavy (non-hydrogen) atoms. The van der Waals surface area contributed by atoms with Gasteiger partial charge in [-0.25, -0.2) is 4.39 Å². The van der Waals surface area contributed by atoms with Crippen molar-refractivity contribution in [3.63, 3.8) is 0 Å². The summed E-state index contributed by atoms with van der Waals surface area (Å²) in [5.74, 6) is 0.597. The number of ketones is 1. The van der Waals surface area contributed by atoms with Crippen LogP contribution in [0.25, 0.3) is 0 Å². The fourth-order valence-electron chi connectivity index (χ4n) is 1.82. The first-order valence-electron chi connectivity index (χ1n) is 6.58. The van der Waals surface area contributed by atoms with E-state index in [1.807, 2.05) is 24.3 Å². The van der Waals surface area contributed by atoms with Crippen LogP contribution in [0, 0.1) is 5.82 Å². The third-order valence-corrected chi connectivity index (χ3v) is 3.08. The van der Waals surface area contributed by atoms with E-state index in [0.29, 0.717) is 17.2 Å². The highest BCUT2D eigenvalue weighted by Crippen LogP contribution is 2.18. The first kappa shape index (κ1) is 14.3. The van der Waals surface area contributed by atoms with Gasteiger partial charge in [0.05, 0.1) is 0 Å². The van der Waals surface area contributed by atoms with Gasteiger partial charge < -0.3 is 4.74 Å². The Bertz CT molecular complexity index is 571. The molecule has 0 saturated carbocycles. The van der Waals surface area contributed by atoms with Gasteiger partial charge in [0.1, 0.15) is 11.6 Å². The molecule has 0 bridgehead atoms. The zero-order valence-electron chi connectivity index (χ0n) is 11.6. The van der Waals surface area contributed by atoms with Crippen LogP contribution < -0.4 is 4.74 Å². The lowest BCUT2D eigenvalue weighted by molar-refractivity contribution is 0.0921. The molecule has 0 aliphatic carbocycles. The highest BCUT2D eigenvalue weighted by molar-refractivity contribution is 5.97. The van der Waals surface area contributed by atoms with E-state index in [-0.39, 0.29) is 18.2 Å². The van der Waals surface area contributed by atoms with E-state index in [4.69, 9.17) is 4.74 Å². The third-order valence-electron chi connectivity index (χ3n) is 3.08. The molecule has 2 aromatic rings. The molecule has 0 unspecified atom stereocenters. The average molecular weight is 272 g/mol. The molecule has 104 valence electrons. The summed E-state index contributed by atoms with van der Waals surface area (Å²) in [6, 6.07) is 13.1. The van der Waals surface area contributed by atoms with Crippen molar-refractivity contribution in [1.82, 2.24) is 0 Å². The maximum Gasteiger partial charge on any atom is 0.200 e. The van der Waals surface area contributed by atoms with E-state index in [2.05, 4.69) is 13.8 Å². The second kappa shape index (κ2) is 6.33. The van der Waals surface area contributed by atoms with Crippen LogP contribution in [0.3, 0.4) is 0 Å². The summed E-state index contributed by atoms with van der Waals surface area (Å²) >= 11 is 0. The number of benzene rings is 2. The van der Waals surface area contributed by atoms with Crippen molar-refractivity contribution in [2.24, 2.45) is 0 Å². The predicted octanol–water partition coefficient (Wildman–Crippen LogP) is 4.21. The van der Waals surface area contributed by atoms with Crippen LogP contribution in [0.1, 0.15) is 35.7 Å². The molecule has 2 aromatic carbocycles.